The van der Waals surface area contributed by atoms with Gasteiger partial charge in [0.1, 0.15) is 16.7 Å². The molecule has 36 heavy (non-hydrogen) atoms. The number of anilines is 2. The number of nitrogens with zero attached hydrogens (tertiary/aromatic N) is 1. The van der Waals surface area contributed by atoms with Gasteiger partial charge in [0.15, 0.2) is 0 Å². The topological polar surface area (TPSA) is 178 Å². The average molecular weight is 520 g/mol. The molecule has 13 nitrogen and oxygen atoms in total. The molecule has 0 fully saturated rings. The second kappa shape index (κ2) is 11.4. The summed E-state index contributed by atoms with van der Waals surface area (Å²) in [6.07, 6.45) is 0.171. The van der Waals surface area contributed by atoms with Gasteiger partial charge in [0.05, 0.1) is 31.7 Å². The Labute approximate surface area is 206 Å². The molecule has 0 aliphatic rings. The van der Waals surface area contributed by atoms with Crippen LogP contribution in [-0.2, 0) is 29.2 Å². The van der Waals surface area contributed by atoms with E-state index in [0.29, 0.717) is 23.3 Å². The summed E-state index contributed by atoms with van der Waals surface area (Å²) in [5.41, 5.74) is 1.48. The molecule has 0 bridgehead atoms. The molecule has 0 saturated heterocycles. The highest BCUT2D eigenvalue weighted by atomic mass is 32.2. The molecule has 0 aliphatic carbocycles. The molecule has 0 aliphatic heterocycles. The van der Waals surface area contributed by atoms with E-state index in [4.69, 9.17) is 4.18 Å². The van der Waals surface area contributed by atoms with E-state index < -0.39 is 28.2 Å². The van der Waals surface area contributed by atoms with E-state index in [1.807, 2.05) is 0 Å². The van der Waals surface area contributed by atoms with Gasteiger partial charge in [-0.05, 0) is 43.3 Å². The number of H-pyrrole nitrogens is 1. The normalized spacial score (nSPS) is 11.9. The third kappa shape index (κ3) is 6.85. The van der Waals surface area contributed by atoms with Gasteiger partial charge >= 0.3 is 28.1 Å². The summed E-state index contributed by atoms with van der Waals surface area (Å²) in [6, 6.07) is 8.66. The first kappa shape index (κ1) is 26.3. The van der Waals surface area contributed by atoms with Crippen LogP contribution in [0.4, 0.5) is 16.4 Å². The minimum atomic E-state index is -4.13. The third-order valence-electron chi connectivity index (χ3n) is 4.82. The van der Waals surface area contributed by atoms with Crippen LogP contribution in [0.5, 0.6) is 5.75 Å². The van der Waals surface area contributed by atoms with Crippen molar-refractivity contribution in [2.45, 2.75) is 24.3 Å². The van der Waals surface area contributed by atoms with Crippen molar-refractivity contribution in [3.63, 3.8) is 0 Å². The Bertz CT molecular complexity index is 1350. The SMILES string of the molecule is COC(=O)CCNc1ccc(S(=O)(=O)Oc2ccc3nc(NC(=O)NC(C)C(=O)OC)[nH]c3c2)cc1. The number of fused-ring (bicyclic) bond motifs is 1. The molecule has 2 amide bonds. The quantitative estimate of drug-likeness (QED) is 0.229. The predicted molar refractivity (Wildman–Crippen MR) is 129 cm³/mol. The van der Waals surface area contributed by atoms with Gasteiger partial charge in [-0.15, -0.1) is 0 Å². The highest BCUT2D eigenvalue weighted by Gasteiger charge is 2.19. The van der Waals surface area contributed by atoms with Crippen LogP contribution >= 0.6 is 0 Å². The maximum atomic E-state index is 12.7. The fraction of sp³-hybridized carbons (Fsp3) is 0.273. The van der Waals surface area contributed by atoms with Crippen molar-refractivity contribution >= 4 is 50.8 Å². The summed E-state index contributed by atoms with van der Waals surface area (Å²) in [7, 11) is -1.62. The largest absolute Gasteiger partial charge is 0.469 e. The monoisotopic (exact) mass is 519 g/mol. The molecule has 192 valence electrons. The van der Waals surface area contributed by atoms with Gasteiger partial charge in [0, 0.05) is 18.3 Å². The van der Waals surface area contributed by atoms with E-state index >= 15 is 0 Å². The number of aromatic amines is 1. The van der Waals surface area contributed by atoms with Crippen LogP contribution in [0.2, 0.25) is 0 Å². The fourth-order valence-electron chi connectivity index (χ4n) is 3.00. The average Bonchev–Trinajstić information content (AvgIpc) is 3.24. The van der Waals surface area contributed by atoms with Crippen LogP contribution in [-0.4, -0.2) is 63.2 Å². The van der Waals surface area contributed by atoms with Crippen molar-refractivity contribution in [2.24, 2.45) is 0 Å². The summed E-state index contributed by atoms with van der Waals surface area (Å²) in [5.74, 6) is -0.859. The van der Waals surface area contributed by atoms with Crippen molar-refractivity contribution in [3.05, 3.63) is 42.5 Å². The number of hydrogen-bond donors (Lipinski definition) is 4. The number of rotatable bonds is 10. The molecule has 0 spiro atoms. The number of amides is 2. The second-order valence-electron chi connectivity index (χ2n) is 7.42. The lowest BCUT2D eigenvalue weighted by atomic mass is 10.3. The fourth-order valence-corrected chi connectivity index (χ4v) is 3.92. The number of esters is 2. The summed E-state index contributed by atoms with van der Waals surface area (Å²) < 4.78 is 39.7. The first-order valence-electron chi connectivity index (χ1n) is 10.6. The maximum Gasteiger partial charge on any atom is 0.339 e. The highest BCUT2D eigenvalue weighted by Crippen LogP contribution is 2.24. The van der Waals surface area contributed by atoms with Crippen LogP contribution in [0.15, 0.2) is 47.4 Å². The smallest absolute Gasteiger partial charge is 0.339 e. The molecule has 3 aromatic rings. The number of carbonyl (C=O) groups excluding carboxylic acids is 3. The lowest BCUT2D eigenvalue weighted by Crippen LogP contribution is -2.41. The number of carbonyl (C=O) groups is 3. The van der Waals surface area contributed by atoms with E-state index in [0.717, 1.165) is 0 Å². The van der Waals surface area contributed by atoms with Crippen molar-refractivity contribution in [3.8, 4) is 5.75 Å². The number of hydrogen-bond acceptors (Lipinski definition) is 10. The van der Waals surface area contributed by atoms with E-state index in [9.17, 15) is 22.8 Å². The number of aromatic nitrogens is 2. The molecular weight excluding hydrogens is 494 g/mol. The Morgan fingerprint density at radius 2 is 1.78 bits per heavy atom. The molecule has 2 aromatic carbocycles. The lowest BCUT2D eigenvalue weighted by Gasteiger charge is -2.11. The number of ether oxygens (including phenoxy) is 2. The first-order chi connectivity index (χ1) is 17.1. The molecule has 4 N–H and O–H groups in total. The Morgan fingerprint density at radius 3 is 2.44 bits per heavy atom. The maximum absolute atomic E-state index is 12.7. The van der Waals surface area contributed by atoms with Gasteiger partial charge in [-0.1, -0.05) is 0 Å². The number of urea groups is 1. The van der Waals surface area contributed by atoms with Crippen LogP contribution in [0, 0.1) is 0 Å². The number of nitrogens with one attached hydrogen (secondary N) is 4. The molecule has 0 saturated carbocycles. The van der Waals surface area contributed by atoms with Gasteiger partial charge in [0.2, 0.25) is 5.95 Å². The highest BCUT2D eigenvalue weighted by molar-refractivity contribution is 7.87. The zero-order valence-electron chi connectivity index (χ0n) is 19.7. The van der Waals surface area contributed by atoms with E-state index in [1.54, 1.807) is 12.1 Å². The zero-order valence-corrected chi connectivity index (χ0v) is 20.5. The summed E-state index contributed by atoms with van der Waals surface area (Å²) in [5, 5.41) is 7.83. The second-order valence-corrected chi connectivity index (χ2v) is 8.97. The lowest BCUT2D eigenvalue weighted by molar-refractivity contribution is -0.142. The van der Waals surface area contributed by atoms with Crippen molar-refractivity contribution < 1.29 is 36.5 Å². The number of benzene rings is 2. The van der Waals surface area contributed by atoms with Gasteiger partial charge in [0.25, 0.3) is 0 Å². The third-order valence-corrected chi connectivity index (χ3v) is 6.08. The first-order valence-corrected chi connectivity index (χ1v) is 12.0. The standard InChI is InChI=1S/C22H25N5O8S/c1-13(20(29)34-3)24-22(30)27-21-25-17-9-6-15(12-18(17)26-21)35-36(31,32)16-7-4-14(5-8-16)23-11-10-19(28)33-2/h4-9,12-13,23H,10-11H2,1-3H3,(H3,24,25,26,27,30). The Morgan fingerprint density at radius 1 is 1.06 bits per heavy atom. The molecule has 14 heteroatoms. The van der Waals surface area contributed by atoms with E-state index in [2.05, 4.69) is 35.4 Å². The van der Waals surface area contributed by atoms with Crippen LogP contribution < -0.4 is 20.1 Å². The molecule has 1 aromatic heterocycles. The van der Waals surface area contributed by atoms with Gasteiger partial charge in [-0.25, -0.2) is 14.6 Å². The zero-order chi connectivity index (χ0) is 26.3. The summed E-state index contributed by atoms with van der Waals surface area (Å²) >= 11 is 0. The van der Waals surface area contributed by atoms with Crippen LogP contribution in [0.25, 0.3) is 11.0 Å². The molecule has 3 rings (SSSR count). The molecule has 1 atom stereocenters. The van der Waals surface area contributed by atoms with Crippen molar-refractivity contribution in [1.29, 1.82) is 0 Å². The van der Waals surface area contributed by atoms with Crippen LogP contribution in [0.3, 0.4) is 0 Å². The van der Waals surface area contributed by atoms with Gasteiger partial charge in [-0.2, -0.15) is 8.42 Å². The predicted octanol–water partition coefficient (Wildman–Crippen LogP) is 1.99. The minimum Gasteiger partial charge on any atom is -0.469 e. The van der Waals surface area contributed by atoms with E-state index in [1.165, 1.54) is 51.5 Å². The molecule has 1 heterocycles. The Kier molecular flexibility index (Phi) is 8.32. The van der Waals surface area contributed by atoms with Gasteiger partial charge in [-0.3, -0.25) is 10.1 Å². The molecule has 1 unspecified atom stereocenters. The van der Waals surface area contributed by atoms with Crippen LogP contribution in [0.1, 0.15) is 13.3 Å². The Hall–Kier alpha value is -4.33. The van der Waals surface area contributed by atoms with E-state index in [-0.39, 0.29) is 29.0 Å². The van der Waals surface area contributed by atoms with Crippen molar-refractivity contribution in [1.82, 2.24) is 15.3 Å². The minimum absolute atomic E-state index is 0.0294. The number of imidazole rings is 1. The Balaban J connectivity index is 1.64. The summed E-state index contributed by atoms with van der Waals surface area (Å²) in [4.78, 5) is 41.6. The van der Waals surface area contributed by atoms with Gasteiger partial charge < -0.3 is 29.3 Å². The molecule has 0 radical (unpaired) electrons. The molecular formula is C22H25N5O8S. The summed E-state index contributed by atoms with van der Waals surface area (Å²) in [6.45, 7) is 1.80. The number of methoxy groups -OCH3 is 2. The van der Waals surface area contributed by atoms with Crippen molar-refractivity contribution in [2.75, 3.05) is 31.4 Å².